The number of methoxy groups -OCH3 is 1. The normalized spacial score (nSPS) is 14.4. The van der Waals surface area contributed by atoms with Gasteiger partial charge in [0.05, 0.1) is 19.7 Å². The minimum absolute atomic E-state index is 0.0208. The van der Waals surface area contributed by atoms with E-state index in [0.29, 0.717) is 26.2 Å². The van der Waals surface area contributed by atoms with Gasteiger partial charge >= 0.3 is 0 Å². The summed E-state index contributed by atoms with van der Waals surface area (Å²) in [6.07, 6.45) is 5.26. The smallest absolute Gasteiger partial charge is 0.242 e. The Hall–Kier alpha value is -2.18. The van der Waals surface area contributed by atoms with E-state index in [-0.39, 0.29) is 24.3 Å². The van der Waals surface area contributed by atoms with E-state index in [2.05, 4.69) is 0 Å². The molecular weight excluding hydrogens is 396 g/mol. The number of thiophene rings is 1. The minimum Gasteiger partial charge on any atom is -0.383 e. The summed E-state index contributed by atoms with van der Waals surface area (Å²) in [4.78, 5) is 31.2. The van der Waals surface area contributed by atoms with Gasteiger partial charge in [0.15, 0.2) is 0 Å². The second kappa shape index (κ2) is 11.9. The molecule has 1 aromatic heterocycles. The Kier molecular flexibility index (Phi) is 8.90. The minimum atomic E-state index is -0.0208. The van der Waals surface area contributed by atoms with E-state index in [1.54, 1.807) is 23.3 Å². The van der Waals surface area contributed by atoms with Gasteiger partial charge in [0.2, 0.25) is 11.8 Å². The summed E-state index contributed by atoms with van der Waals surface area (Å²) in [5.41, 5.74) is 1.09. The van der Waals surface area contributed by atoms with Crippen molar-refractivity contribution >= 4 is 23.2 Å². The van der Waals surface area contributed by atoms with Crippen LogP contribution in [0.1, 0.15) is 42.5 Å². The van der Waals surface area contributed by atoms with Crippen molar-refractivity contribution in [1.82, 2.24) is 9.80 Å². The first-order valence-corrected chi connectivity index (χ1v) is 11.7. The summed E-state index contributed by atoms with van der Waals surface area (Å²) in [5, 5.41) is 2.03. The van der Waals surface area contributed by atoms with Crippen LogP contribution in [0, 0.1) is 5.92 Å². The van der Waals surface area contributed by atoms with Crippen LogP contribution in [0.5, 0.6) is 0 Å². The molecule has 5 nitrogen and oxygen atoms in total. The molecule has 0 aliphatic heterocycles. The Morgan fingerprint density at radius 2 is 1.77 bits per heavy atom. The van der Waals surface area contributed by atoms with E-state index in [4.69, 9.17) is 4.74 Å². The third kappa shape index (κ3) is 6.67. The quantitative estimate of drug-likeness (QED) is 0.566. The highest BCUT2D eigenvalue weighted by molar-refractivity contribution is 7.09. The van der Waals surface area contributed by atoms with E-state index >= 15 is 0 Å². The molecule has 0 spiro atoms. The highest BCUT2D eigenvalue weighted by Crippen LogP contribution is 2.25. The number of rotatable bonds is 10. The van der Waals surface area contributed by atoms with Crippen molar-refractivity contribution in [2.75, 3.05) is 26.8 Å². The van der Waals surface area contributed by atoms with Crippen molar-refractivity contribution in [3.05, 3.63) is 58.3 Å². The van der Waals surface area contributed by atoms with Gasteiger partial charge in [-0.2, -0.15) is 0 Å². The van der Waals surface area contributed by atoms with Crippen LogP contribution in [-0.4, -0.2) is 48.4 Å². The van der Waals surface area contributed by atoms with Gasteiger partial charge in [-0.1, -0.05) is 55.7 Å². The summed E-state index contributed by atoms with van der Waals surface area (Å²) in [6, 6.07) is 14.1. The van der Waals surface area contributed by atoms with E-state index < -0.39 is 0 Å². The van der Waals surface area contributed by atoms with Gasteiger partial charge in [-0.15, -0.1) is 11.3 Å². The molecule has 2 amide bonds. The molecule has 0 unspecified atom stereocenters. The van der Waals surface area contributed by atoms with Gasteiger partial charge in [-0.05, 0) is 29.9 Å². The summed E-state index contributed by atoms with van der Waals surface area (Å²) < 4.78 is 5.22. The lowest BCUT2D eigenvalue weighted by atomic mass is 9.88. The van der Waals surface area contributed by atoms with Crippen LogP contribution < -0.4 is 0 Å². The molecule has 0 atom stereocenters. The standard InChI is InChI=1S/C24H32N2O3S/c1-29-15-14-25(24(28)21-11-6-3-7-12-21)19-23(27)26(18-22-13-8-16-30-22)17-20-9-4-2-5-10-20/h2,4-5,8-10,13,16,21H,3,6-7,11-12,14-15,17-19H2,1H3. The van der Waals surface area contributed by atoms with Gasteiger partial charge in [-0.3, -0.25) is 9.59 Å². The van der Waals surface area contributed by atoms with Crippen LogP contribution in [0.15, 0.2) is 47.8 Å². The van der Waals surface area contributed by atoms with E-state index in [1.165, 1.54) is 6.42 Å². The fraction of sp³-hybridized carbons (Fsp3) is 0.500. The molecule has 1 heterocycles. The molecule has 0 radical (unpaired) electrons. The van der Waals surface area contributed by atoms with Gasteiger partial charge < -0.3 is 14.5 Å². The number of benzene rings is 1. The third-order valence-electron chi connectivity index (χ3n) is 5.65. The van der Waals surface area contributed by atoms with Gasteiger partial charge in [0.1, 0.15) is 0 Å². The average molecular weight is 429 g/mol. The number of amides is 2. The lowest BCUT2D eigenvalue weighted by Crippen LogP contribution is -2.46. The Bertz CT molecular complexity index is 773. The maximum atomic E-state index is 13.3. The predicted octanol–water partition coefficient (Wildman–Crippen LogP) is 4.33. The van der Waals surface area contributed by atoms with Crippen LogP contribution in [0.3, 0.4) is 0 Å². The molecule has 1 aromatic carbocycles. The first kappa shape index (κ1) is 22.5. The molecular formula is C24H32N2O3S. The first-order valence-electron chi connectivity index (χ1n) is 10.8. The van der Waals surface area contributed by atoms with Gasteiger partial charge in [0.25, 0.3) is 0 Å². The fourth-order valence-corrected chi connectivity index (χ4v) is 4.69. The number of carbonyl (C=O) groups excluding carboxylic acids is 2. The van der Waals surface area contributed by atoms with Crippen molar-refractivity contribution in [3.8, 4) is 0 Å². The second-order valence-electron chi connectivity index (χ2n) is 7.90. The summed E-state index contributed by atoms with van der Waals surface area (Å²) in [6.45, 7) is 2.09. The zero-order valence-electron chi connectivity index (χ0n) is 17.8. The highest BCUT2D eigenvalue weighted by Gasteiger charge is 2.28. The van der Waals surface area contributed by atoms with Crippen molar-refractivity contribution in [1.29, 1.82) is 0 Å². The average Bonchev–Trinajstić information content (AvgIpc) is 3.30. The van der Waals surface area contributed by atoms with Gasteiger partial charge in [-0.25, -0.2) is 0 Å². The van der Waals surface area contributed by atoms with E-state index in [1.807, 2.05) is 52.7 Å². The number of ether oxygens (including phenoxy) is 1. The van der Waals surface area contributed by atoms with Crippen LogP contribution in [0.2, 0.25) is 0 Å². The zero-order valence-corrected chi connectivity index (χ0v) is 18.6. The van der Waals surface area contributed by atoms with Crippen molar-refractivity contribution < 1.29 is 14.3 Å². The second-order valence-corrected chi connectivity index (χ2v) is 8.93. The molecule has 3 rings (SSSR count). The molecule has 30 heavy (non-hydrogen) atoms. The molecule has 1 fully saturated rings. The summed E-state index contributed by atoms with van der Waals surface area (Å²) >= 11 is 1.65. The topological polar surface area (TPSA) is 49.9 Å². The number of carbonyl (C=O) groups is 2. The lowest BCUT2D eigenvalue weighted by molar-refractivity contribution is -0.144. The third-order valence-corrected chi connectivity index (χ3v) is 6.51. The van der Waals surface area contributed by atoms with Gasteiger partial charge in [0, 0.05) is 31.0 Å². The Morgan fingerprint density at radius 3 is 2.43 bits per heavy atom. The maximum absolute atomic E-state index is 13.3. The fourth-order valence-electron chi connectivity index (χ4n) is 3.97. The number of hydrogen-bond donors (Lipinski definition) is 0. The molecule has 0 saturated heterocycles. The van der Waals surface area contributed by atoms with E-state index in [9.17, 15) is 9.59 Å². The molecule has 162 valence electrons. The van der Waals surface area contributed by atoms with Crippen molar-refractivity contribution in [3.63, 3.8) is 0 Å². The Labute approximate surface area is 183 Å². The first-order chi connectivity index (χ1) is 14.7. The highest BCUT2D eigenvalue weighted by atomic mass is 32.1. The van der Waals surface area contributed by atoms with Crippen LogP contribution >= 0.6 is 11.3 Å². The van der Waals surface area contributed by atoms with Crippen LogP contribution in [-0.2, 0) is 27.4 Å². The lowest BCUT2D eigenvalue weighted by Gasteiger charge is -2.31. The van der Waals surface area contributed by atoms with E-state index in [0.717, 1.165) is 36.1 Å². The van der Waals surface area contributed by atoms with Crippen LogP contribution in [0.25, 0.3) is 0 Å². The van der Waals surface area contributed by atoms with Crippen molar-refractivity contribution in [2.45, 2.75) is 45.2 Å². The zero-order chi connectivity index (χ0) is 21.2. The van der Waals surface area contributed by atoms with Crippen LogP contribution in [0.4, 0.5) is 0 Å². The maximum Gasteiger partial charge on any atom is 0.242 e. The summed E-state index contributed by atoms with van der Waals surface area (Å²) in [5.74, 6) is 0.131. The molecule has 1 aliphatic rings. The largest absolute Gasteiger partial charge is 0.383 e. The monoisotopic (exact) mass is 428 g/mol. The Balaban J connectivity index is 1.71. The molecule has 1 aliphatic carbocycles. The molecule has 1 saturated carbocycles. The Morgan fingerprint density at radius 1 is 1.00 bits per heavy atom. The molecule has 0 bridgehead atoms. The number of nitrogens with zero attached hydrogens (tertiary/aromatic N) is 2. The molecule has 0 N–H and O–H groups in total. The summed E-state index contributed by atoms with van der Waals surface area (Å²) in [7, 11) is 1.63. The number of hydrogen-bond acceptors (Lipinski definition) is 4. The predicted molar refractivity (Wildman–Crippen MR) is 120 cm³/mol. The molecule has 6 heteroatoms. The SMILES string of the molecule is COCCN(CC(=O)N(Cc1ccccc1)Cc1cccs1)C(=O)C1CCCCC1. The van der Waals surface area contributed by atoms with Crippen molar-refractivity contribution in [2.24, 2.45) is 5.92 Å². The molecule has 2 aromatic rings.